The van der Waals surface area contributed by atoms with Gasteiger partial charge in [0, 0.05) is 18.8 Å². The van der Waals surface area contributed by atoms with Gasteiger partial charge in [-0.3, -0.25) is 4.79 Å². The van der Waals surface area contributed by atoms with Crippen molar-refractivity contribution in [3.05, 3.63) is 52.8 Å². The van der Waals surface area contributed by atoms with Gasteiger partial charge in [0.15, 0.2) is 0 Å². The molecule has 106 valence electrons. The van der Waals surface area contributed by atoms with Crippen molar-refractivity contribution in [3.63, 3.8) is 0 Å². The number of hydrogen-bond acceptors (Lipinski definition) is 2. The zero-order valence-corrected chi connectivity index (χ0v) is 12.2. The highest BCUT2D eigenvalue weighted by molar-refractivity contribution is 6.31. The number of benzene rings is 1. The van der Waals surface area contributed by atoms with Gasteiger partial charge in [0.2, 0.25) is 0 Å². The molecule has 0 bridgehead atoms. The number of aromatic hydroxyl groups is 1. The molecule has 0 fully saturated rings. The summed E-state index contributed by atoms with van der Waals surface area (Å²) >= 11 is 5.96. The van der Waals surface area contributed by atoms with Crippen molar-refractivity contribution in [1.82, 2.24) is 9.88 Å². The van der Waals surface area contributed by atoms with Crippen LogP contribution in [0.2, 0.25) is 5.02 Å². The van der Waals surface area contributed by atoms with E-state index in [1.54, 1.807) is 30.5 Å². The first-order chi connectivity index (χ1) is 9.47. The molecule has 5 heteroatoms. The first kappa shape index (κ1) is 14.5. The highest BCUT2D eigenvalue weighted by atomic mass is 35.5. The van der Waals surface area contributed by atoms with Gasteiger partial charge in [-0.2, -0.15) is 0 Å². The molecule has 0 saturated heterocycles. The third-order valence-corrected chi connectivity index (χ3v) is 3.17. The van der Waals surface area contributed by atoms with Crippen LogP contribution in [0.25, 0.3) is 0 Å². The van der Waals surface area contributed by atoms with Crippen molar-refractivity contribution in [3.8, 4) is 5.75 Å². The van der Waals surface area contributed by atoms with Crippen LogP contribution in [0.15, 0.2) is 36.5 Å². The molecular weight excluding hydrogens is 276 g/mol. The van der Waals surface area contributed by atoms with E-state index in [4.69, 9.17) is 11.6 Å². The predicted molar refractivity (Wildman–Crippen MR) is 79.1 cm³/mol. The van der Waals surface area contributed by atoms with E-state index < -0.39 is 0 Å². The molecule has 1 aromatic heterocycles. The van der Waals surface area contributed by atoms with E-state index in [0.29, 0.717) is 17.3 Å². The molecule has 0 spiro atoms. The van der Waals surface area contributed by atoms with E-state index in [1.807, 2.05) is 24.5 Å². The molecule has 1 aromatic carbocycles. The van der Waals surface area contributed by atoms with Crippen LogP contribution in [0, 0.1) is 0 Å². The summed E-state index contributed by atoms with van der Waals surface area (Å²) in [6.07, 6.45) is 1.75. The lowest BCUT2D eigenvalue weighted by Crippen LogP contribution is -2.25. The minimum absolute atomic E-state index is 0.156. The van der Waals surface area contributed by atoms with E-state index >= 15 is 0 Å². The molecule has 0 aliphatic carbocycles. The van der Waals surface area contributed by atoms with Crippen molar-refractivity contribution in [2.45, 2.75) is 26.4 Å². The number of carbonyl (C=O) groups excluding carboxylic acids is 1. The zero-order valence-electron chi connectivity index (χ0n) is 11.4. The summed E-state index contributed by atoms with van der Waals surface area (Å²) in [7, 11) is 0. The number of phenolic OH excluding ortho intramolecular Hbond substituents is 1. The van der Waals surface area contributed by atoms with Crippen LogP contribution in [-0.4, -0.2) is 15.6 Å². The summed E-state index contributed by atoms with van der Waals surface area (Å²) in [5.74, 6) is -0.000656. The van der Waals surface area contributed by atoms with Gasteiger partial charge in [0.25, 0.3) is 5.91 Å². The molecule has 1 amide bonds. The Kier molecular flexibility index (Phi) is 4.35. The van der Waals surface area contributed by atoms with Crippen molar-refractivity contribution < 1.29 is 9.90 Å². The van der Waals surface area contributed by atoms with Gasteiger partial charge in [-0.05, 0) is 37.6 Å². The molecule has 4 nitrogen and oxygen atoms in total. The smallest absolute Gasteiger partial charge is 0.268 e. The second kappa shape index (κ2) is 6.01. The maximum atomic E-state index is 12.2. The Balaban J connectivity index is 2.09. The molecule has 1 heterocycles. The monoisotopic (exact) mass is 292 g/mol. The molecule has 0 atom stereocenters. The van der Waals surface area contributed by atoms with Crippen LogP contribution in [0.4, 0.5) is 0 Å². The lowest BCUT2D eigenvalue weighted by molar-refractivity contribution is 0.0940. The average Bonchev–Trinajstić information content (AvgIpc) is 2.78. The minimum atomic E-state index is -0.186. The van der Waals surface area contributed by atoms with Gasteiger partial charge in [0.05, 0.1) is 5.02 Å². The minimum Gasteiger partial charge on any atom is -0.508 e. The lowest BCUT2D eigenvalue weighted by Gasteiger charge is -2.12. The first-order valence-corrected chi connectivity index (χ1v) is 6.78. The van der Waals surface area contributed by atoms with Crippen molar-refractivity contribution in [2.75, 3.05) is 0 Å². The number of carbonyl (C=O) groups is 1. The number of aromatic nitrogens is 1. The Bertz CT molecular complexity index is 620. The third-order valence-electron chi connectivity index (χ3n) is 2.97. The molecule has 0 unspecified atom stereocenters. The van der Waals surface area contributed by atoms with Crippen LogP contribution >= 0.6 is 11.6 Å². The Labute approximate surface area is 123 Å². The lowest BCUT2D eigenvalue weighted by atomic mass is 10.2. The summed E-state index contributed by atoms with van der Waals surface area (Å²) in [6, 6.07) is 8.60. The van der Waals surface area contributed by atoms with Gasteiger partial charge in [0.1, 0.15) is 11.4 Å². The summed E-state index contributed by atoms with van der Waals surface area (Å²) in [6.45, 7) is 4.33. The van der Waals surface area contributed by atoms with Gasteiger partial charge < -0.3 is 15.0 Å². The standard InChI is InChI=1S/C15H17ClN2O2/c1-10(2)18-9-12(16)7-14(18)15(20)17-8-11-4-3-5-13(19)6-11/h3-7,9-10,19H,8H2,1-2H3,(H,17,20). The summed E-state index contributed by atoms with van der Waals surface area (Å²) in [5, 5.41) is 12.7. The summed E-state index contributed by atoms with van der Waals surface area (Å²) in [5.41, 5.74) is 1.37. The van der Waals surface area contributed by atoms with Gasteiger partial charge >= 0.3 is 0 Å². The number of rotatable bonds is 4. The van der Waals surface area contributed by atoms with Crippen molar-refractivity contribution >= 4 is 17.5 Å². The van der Waals surface area contributed by atoms with Gasteiger partial charge in [-0.15, -0.1) is 0 Å². The average molecular weight is 293 g/mol. The highest BCUT2D eigenvalue weighted by Gasteiger charge is 2.14. The fourth-order valence-electron chi connectivity index (χ4n) is 1.99. The maximum absolute atomic E-state index is 12.2. The highest BCUT2D eigenvalue weighted by Crippen LogP contribution is 2.19. The Morgan fingerprint density at radius 1 is 1.40 bits per heavy atom. The normalized spacial score (nSPS) is 10.8. The number of halogens is 1. The molecule has 0 aliphatic heterocycles. The van der Waals surface area contributed by atoms with Crippen LogP contribution < -0.4 is 5.32 Å². The fourth-order valence-corrected chi connectivity index (χ4v) is 2.20. The van der Waals surface area contributed by atoms with E-state index in [-0.39, 0.29) is 17.7 Å². The molecule has 0 radical (unpaired) electrons. The van der Waals surface area contributed by atoms with E-state index in [9.17, 15) is 9.90 Å². The fraction of sp³-hybridized carbons (Fsp3) is 0.267. The molecular formula is C15H17ClN2O2. The second-order valence-electron chi connectivity index (χ2n) is 4.90. The van der Waals surface area contributed by atoms with E-state index in [0.717, 1.165) is 5.56 Å². The number of amides is 1. The molecule has 2 N–H and O–H groups in total. The molecule has 0 aliphatic rings. The number of nitrogens with zero attached hydrogens (tertiary/aromatic N) is 1. The van der Waals surface area contributed by atoms with Crippen molar-refractivity contribution in [1.29, 1.82) is 0 Å². The van der Waals surface area contributed by atoms with Crippen LogP contribution in [0.3, 0.4) is 0 Å². The van der Waals surface area contributed by atoms with Crippen LogP contribution in [-0.2, 0) is 6.54 Å². The molecule has 0 saturated carbocycles. The number of hydrogen-bond donors (Lipinski definition) is 2. The molecule has 20 heavy (non-hydrogen) atoms. The largest absolute Gasteiger partial charge is 0.508 e. The topological polar surface area (TPSA) is 54.3 Å². The van der Waals surface area contributed by atoms with E-state index in [2.05, 4.69) is 5.32 Å². The number of nitrogens with one attached hydrogen (secondary N) is 1. The van der Waals surface area contributed by atoms with Gasteiger partial charge in [-0.25, -0.2) is 0 Å². The van der Waals surface area contributed by atoms with E-state index in [1.165, 1.54) is 0 Å². The first-order valence-electron chi connectivity index (χ1n) is 6.41. The van der Waals surface area contributed by atoms with Crippen molar-refractivity contribution in [2.24, 2.45) is 0 Å². The second-order valence-corrected chi connectivity index (χ2v) is 5.33. The Hall–Kier alpha value is -1.94. The quantitative estimate of drug-likeness (QED) is 0.908. The zero-order chi connectivity index (χ0) is 14.7. The van der Waals surface area contributed by atoms with Gasteiger partial charge in [-0.1, -0.05) is 23.7 Å². The molecule has 2 aromatic rings. The summed E-state index contributed by atoms with van der Waals surface area (Å²) in [4.78, 5) is 12.2. The molecule has 2 rings (SSSR count). The Morgan fingerprint density at radius 3 is 2.80 bits per heavy atom. The Morgan fingerprint density at radius 2 is 2.15 bits per heavy atom. The SMILES string of the molecule is CC(C)n1cc(Cl)cc1C(=O)NCc1cccc(O)c1. The van der Waals surface area contributed by atoms with Crippen LogP contribution in [0.1, 0.15) is 35.9 Å². The third kappa shape index (κ3) is 3.33. The van der Waals surface area contributed by atoms with Crippen LogP contribution in [0.5, 0.6) is 5.75 Å². The predicted octanol–water partition coefficient (Wildman–Crippen LogP) is 3.36. The number of phenols is 1. The maximum Gasteiger partial charge on any atom is 0.268 e. The summed E-state index contributed by atoms with van der Waals surface area (Å²) < 4.78 is 1.83.